The number of carbonyl (C=O) groups excluding carboxylic acids is 1. The van der Waals surface area contributed by atoms with Gasteiger partial charge in [0.05, 0.1) is 6.61 Å². The topological polar surface area (TPSA) is 61.2 Å². The number of hydrogen-bond donors (Lipinski definition) is 0. The molecule has 122 valence electrons. The highest BCUT2D eigenvalue weighted by atomic mass is 31.0. The van der Waals surface area contributed by atoms with Crippen LogP contribution in [-0.2, 0) is 4.74 Å². The van der Waals surface area contributed by atoms with Gasteiger partial charge in [-0.05, 0) is 44.1 Å². The molecule has 0 amide bonds. The number of rotatable bonds is 4. The summed E-state index contributed by atoms with van der Waals surface area (Å²) in [4.78, 5) is 24.7. The summed E-state index contributed by atoms with van der Waals surface area (Å²) in [5.74, 6) is -0.687. The highest BCUT2D eigenvalue weighted by Crippen LogP contribution is 2.18. The van der Waals surface area contributed by atoms with Crippen molar-refractivity contribution in [2.24, 2.45) is 0 Å². The number of aryl methyl sites for hydroxylation is 1. The summed E-state index contributed by atoms with van der Waals surface area (Å²) in [6.45, 7) is 7.75. The second kappa shape index (κ2) is 7.05. The van der Waals surface area contributed by atoms with Crippen molar-refractivity contribution in [2.45, 2.75) is 33.7 Å². The van der Waals surface area contributed by atoms with E-state index < -0.39 is 11.4 Å². The molecule has 0 spiro atoms. The Morgan fingerprint density at radius 1 is 1.39 bits per heavy atom. The van der Waals surface area contributed by atoms with E-state index >= 15 is 0 Å². The minimum atomic E-state index is -0.687. The van der Waals surface area contributed by atoms with Gasteiger partial charge in [0.15, 0.2) is 0 Å². The highest BCUT2D eigenvalue weighted by Gasteiger charge is 2.20. The molecule has 0 N–H and O–H groups in total. The fraction of sp³-hybridized carbons (Fsp3) is 0.353. The Kier molecular flexibility index (Phi) is 5.32. The highest BCUT2D eigenvalue weighted by molar-refractivity contribution is 7.27. The van der Waals surface area contributed by atoms with Crippen molar-refractivity contribution in [1.82, 2.24) is 9.78 Å². The van der Waals surface area contributed by atoms with E-state index in [1.807, 2.05) is 39.0 Å². The maximum absolute atomic E-state index is 12.7. The quantitative estimate of drug-likeness (QED) is 0.637. The van der Waals surface area contributed by atoms with Gasteiger partial charge >= 0.3 is 5.97 Å². The SMILES string of the molecule is CCOC(=O)c1nn(C(C)C)cc(-c2ccc(P)c(C)c2)c1=O. The third-order valence-electron chi connectivity index (χ3n) is 3.52. The summed E-state index contributed by atoms with van der Waals surface area (Å²) in [7, 11) is 2.65. The van der Waals surface area contributed by atoms with Crippen LogP contribution in [0.3, 0.4) is 0 Å². The number of ether oxygens (including phenoxy) is 1. The molecule has 1 atom stereocenters. The van der Waals surface area contributed by atoms with Gasteiger partial charge in [-0.1, -0.05) is 18.2 Å². The Bertz CT molecular complexity index is 797. The Hall–Kier alpha value is -2.00. The summed E-state index contributed by atoms with van der Waals surface area (Å²) in [5, 5.41) is 5.21. The van der Waals surface area contributed by atoms with Gasteiger partial charge in [-0.25, -0.2) is 4.79 Å². The molecule has 0 aliphatic rings. The van der Waals surface area contributed by atoms with Gasteiger partial charge < -0.3 is 4.74 Å². The summed E-state index contributed by atoms with van der Waals surface area (Å²) in [6.07, 6.45) is 1.69. The van der Waals surface area contributed by atoms with E-state index in [9.17, 15) is 9.59 Å². The number of benzene rings is 1. The smallest absolute Gasteiger partial charge is 0.362 e. The summed E-state index contributed by atoms with van der Waals surface area (Å²) in [5.41, 5.74) is 1.69. The van der Waals surface area contributed by atoms with Crippen LogP contribution in [-0.4, -0.2) is 22.4 Å². The lowest BCUT2D eigenvalue weighted by molar-refractivity contribution is 0.0514. The third-order valence-corrected chi connectivity index (χ3v) is 4.16. The van der Waals surface area contributed by atoms with Crippen molar-refractivity contribution in [1.29, 1.82) is 0 Å². The zero-order chi connectivity index (χ0) is 17.1. The summed E-state index contributed by atoms with van der Waals surface area (Å²) < 4.78 is 6.58. The van der Waals surface area contributed by atoms with Gasteiger partial charge in [0, 0.05) is 17.8 Å². The molecule has 5 nitrogen and oxygen atoms in total. The Morgan fingerprint density at radius 2 is 2.09 bits per heavy atom. The first-order valence-corrected chi connectivity index (χ1v) is 8.10. The fourth-order valence-corrected chi connectivity index (χ4v) is 2.33. The van der Waals surface area contributed by atoms with Crippen LogP contribution < -0.4 is 10.7 Å². The first-order chi connectivity index (χ1) is 10.8. The molecular weight excluding hydrogens is 311 g/mol. The van der Waals surface area contributed by atoms with Crippen LogP contribution in [0.1, 0.15) is 42.9 Å². The predicted octanol–water partition coefficient (Wildman–Crippen LogP) is 2.48. The lowest BCUT2D eigenvalue weighted by Crippen LogP contribution is -2.26. The van der Waals surface area contributed by atoms with Crippen LogP contribution in [0.4, 0.5) is 0 Å². The van der Waals surface area contributed by atoms with Crippen LogP contribution in [0.15, 0.2) is 29.2 Å². The van der Waals surface area contributed by atoms with E-state index in [0.29, 0.717) is 5.56 Å². The first-order valence-electron chi connectivity index (χ1n) is 7.52. The van der Waals surface area contributed by atoms with Gasteiger partial charge in [0.1, 0.15) is 0 Å². The van der Waals surface area contributed by atoms with Crippen LogP contribution in [0.5, 0.6) is 0 Å². The number of carbonyl (C=O) groups is 1. The average Bonchev–Trinajstić information content (AvgIpc) is 2.50. The molecule has 2 rings (SSSR count). The molecule has 0 aliphatic carbocycles. The van der Waals surface area contributed by atoms with Gasteiger partial charge in [-0.3, -0.25) is 9.48 Å². The second-order valence-electron chi connectivity index (χ2n) is 5.59. The third kappa shape index (κ3) is 3.67. The Morgan fingerprint density at radius 3 is 2.65 bits per heavy atom. The van der Waals surface area contributed by atoms with Gasteiger partial charge in [0.25, 0.3) is 0 Å². The summed E-state index contributed by atoms with van der Waals surface area (Å²) in [6, 6.07) is 5.74. The molecular formula is C17H21N2O3P. The van der Waals surface area contributed by atoms with E-state index in [-0.39, 0.29) is 18.3 Å². The molecule has 0 saturated heterocycles. The Labute approximate surface area is 137 Å². The van der Waals surface area contributed by atoms with E-state index in [2.05, 4.69) is 14.3 Å². The molecule has 0 radical (unpaired) electrons. The molecule has 1 aromatic carbocycles. The minimum absolute atomic E-state index is 0.0182. The van der Waals surface area contributed by atoms with Crippen molar-refractivity contribution < 1.29 is 9.53 Å². The van der Waals surface area contributed by atoms with E-state index in [4.69, 9.17) is 4.74 Å². The van der Waals surface area contributed by atoms with Crippen molar-refractivity contribution in [3.05, 3.63) is 45.9 Å². The van der Waals surface area contributed by atoms with E-state index in [1.54, 1.807) is 17.8 Å². The lowest BCUT2D eigenvalue weighted by atomic mass is 10.0. The summed E-state index contributed by atoms with van der Waals surface area (Å²) >= 11 is 0. The van der Waals surface area contributed by atoms with Crippen molar-refractivity contribution in [3.8, 4) is 11.1 Å². The maximum atomic E-state index is 12.7. The number of aromatic nitrogens is 2. The molecule has 0 aliphatic heterocycles. The number of nitrogens with zero attached hydrogens (tertiary/aromatic N) is 2. The Balaban J connectivity index is 2.69. The molecule has 23 heavy (non-hydrogen) atoms. The predicted molar refractivity (Wildman–Crippen MR) is 94.4 cm³/mol. The van der Waals surface area contributed by atoms with Crippen LogP contribution in [0, 0.1) is 6.92 Å². The molecule has 1 unspecified atom stereocenters. The monoisotopic (exact) mass is 332 g/mol. The van der Waals surface area contributed by atoms with Crippen molar-refractivity contribution in [3.63, 3.8) is 0 Å². The van der Waals surface area contributed by atoms with Crippen LogP contribution in [0.2, 0.25) is 0 Å². The normalized spacial score (nSPS) is 10.9. The lowest BCUT2D eigenvalue weighted by Gasteiger charge is -2.14. The largest absolute Gasteiger partial charge is 0.461 e. The average molecular weight is 332 g/mol. The maximum Gasteiger partial charge on any atom is 0.362 e. The van der Waals surface area contributed by atoms with Crippen molar-refractivity contribution in [2.75, 3.05) is 6.61 Å². The fourth-order valence-electron chi connectivity index (χ4n) is 2.15. The minimum Gasteiger partial charge on any atom is -0.461 e. The number of esters is 1. The molecule has 0 saturated carbocycles. The molecule has 0 bridgehead atoms. The zero-order valence-electron chi connectivity index (χ0n) is 13.8. The van der Waals surface area contributed by atoms with Gasteiger partial charge in [-0.2, -0.15) is 5.10 Å². The van der Waals surface area contributed by atoms with Gasteiger partial charge in [-0.15, -0.1) is 9.24 Å². The number of hydrogen-bond acceptors (Lipinski definition) is 4. The zero-order valence-corrected chi connectivity index (χ0v) is 14.9. The molecule has 1 aromatic heterocycles. The van der Waals surface area contributed by atoms with Crippen LogP contribution in [0.25, 0.3) is 11.1 Å². The van der Waals surface area contributed by atoms with E-state index in [0.717, 1.165) is 16.4 Å². The van der Waals surface area contributed by atoms with Crippen molar-refractivity contribution >= 4 is 20.5 Å². The standard InChI is InChI=1S/C17H21N2O3P/c1-5-22-17(21)15-16(20)13(9-19(18-15)10(2)3)12-6-7-14(23)11(4)8-12/h6-10H,5,23H2,1-4H3. The first kappa shape index (κ1) is 17.4. The second-order valence-corrected chi connectivity index (χ2v) is 6.21. The molecule has 6 heteroatoms. The molecule has 1 heterocycles. The van der Waals surface area contributed by atoms with Crippen LogP contribution >= 0.6 is 9.24 Å². The van der Waals surface area contributed by atoms with E-state index in [1.165, 1.54) is 0 Å². The molecule has 2 aromatic rings. The molecule has 0 fully saturated rings. The van der Waals surface area contributed by atoms with Gasteiger partial charge in [0.2, 0.25) is 11.1 Å².